The van der Waals surface area contributed by atoms with Crippen LogP contribution in [0.25, 0.3) is 0 Å². The molecule has 0 amide bonds. The minimum Gasteiger partial charge on any atom is -0.508 e. The molecule has 2 heteroatoms. The predicted molar refractivity (Wildman–Crippen MR) is 99.2 cm³/mol. The maximum Gasteiger partial charge on any atom is 0.119 e. The lowest BCUT2D eigenvalue weighted by atomic mass is 10.0. The van der Waals surface area contributed by atoms with Gasteiger partial charge in [-0.15, -0.1) is 0 Å². The molecule has 2 nitrogen and oxygen atoms in total. The molecule has 0 saturated heterocycles. The summed E-state index contributed by atoms with van der Waals surface area (Å²) in [7, 11) is 0. The van der Waals surface area contributed by atoms with Crippen molar-refractivity contribution in [3.05, 3.63) is 23.8 Å². The van der Waals surface area contributed by atoms with E-state index in [2.05, 4.69) is 6.92 Å². The average Bonchev–Trinajstić information content (AvgIpc) is 2.55. The summed E-state index contributed by atoms with van der Waals surface area (Å²) < 4.78 is 0. The van der Waals surface area contributed by atoms with E-state index < -0.39 is 0 Å². The Morgan fingerprint density at radius 3 is 1.65 bits per heavy atom. The SMILES string of the molecule is CCCCCCCCCCCCCCCc1cc(O)ccc1O. The normalized spacial score (nSPS) is 11.0. The van der Waals surface area contributed by atoms with Gasteiger partial charge in [0.25, 0.3) is 0 Å². The topological polar surface area (TPSA) is 40.5 Å². The van der Waals surface area contributed by atoms with E-state index in [4.69, 9.17) is 0 Å². The third kappa shape index (κ3) is 10.3. The monoisotopic (exact) mass is 320 g/mol. The Morgan fingerprint density at radius 1 is 0.652 bits per heavy atom. The molecule has 2 N–H and O–H groups in total. The summed E-state index contributed by atoms with van der Waals surface area (Å²) in [5.41, 5.74) is 0.869. The summed E-state index contributed by atoms with van der Waals surface area (Å²) in [4.78, 5) is 0. The van der Waals surface area contributed by atoms with Crippen LogP contribution in [0.15, 0.2) is 18.2 Å². The van der Waals surface area contributed by atoms with Crippen LogP contribution in [0.5, 0.6) is 11.5 Å². The lowest BCUT2D eigenvalue weighted by Gasteiger charge is -2.05. The highest BCUT2D eigenvalue weighted by Crippen LogP contribution is 2.24. The zero-order valence-electron chi connectivity index (χ0n) is 15.0. The van der Waals surface area contributed by atoms with Gasteiger partial charge in [0.15, 0.2) is 0 Å². The number of phenolic OH excluding ortho intramolecular Hbond substituents is 2. The molecule has 1 aromatic carbocycles. The standard InChI is InChI=1S/C21H36O2/c1-2-3-4-5-6-7-8-9-10-11-12-13-14-15-19-18-20(22)16-17-21(19)23/h16-18,22-23H,2-15H2,1H3. The van der Waals surface area contributed by atoms with Crippen molar-refractivity contribution in [1.82, 2.24) is 0 Å². The highest BCUT2D eigenvalue weighted by molar-refractivity contribution is 5.38. The van der Waals surface area contributed by atoms with E-state index in [1.54, 1.807) is 12.1 Å². The molecule has 0 atom stereocenters. The van der Waals surface area contributed by atoms with E-state index in [1.165, 1.54) is 83.1 Å². The molecule has 0 heterocycles. The Labute approximate surface area is 142 Å². The van der Waals surface area contributed by atoms with Crippen LogP contribution < -0.4 is 0 Å². The van der Waals surface area contributed by atoms with Gasteiger partial charge in [0.05, 0.1) is 0 Å². The molecule has 0 aliphatic carbocycles. The Kier molecular flexibility index (Phi) is 11.5. The van der Waals surface area contributed by atoms with Gasteiger partial charge in [-0.3, -0.25) is 0 Å². The third-order valence-electron chi connectivity index (χ3n) is 4.61. The van der Waals surface area contributed by atoms with E-state index in [0.717, 1.165) is 18.4 Å². The molecule has 23 heavy (non-hydrogen) atoms. The molecule has 0 unspecified atom stereocenters. The largest absolute Gasteiger partial charge is 0.508 e. The molecule has 0 saturated carbocycles. The summed E-state index contributed by atoms with van der Waals surface area (Å²) in [5.74, 6) is 0.550. The van der Waals surface area contributed by atoms with Gasteiger partial charge in [-0.25, -0.2) is 0 Å². The van der Waals surface area contributed by atoms with Crippen molar-refractivity contribution < 1.29 is 10.2 Å². The summed E-state index contributed by atoms with van der Waals surface area (Å²) in [6.45, 7) is 2.27. The molecule has 0 aliphatic heterocycles. The van der Waals surface area contributed by atoms with Gasteiger partial charge in [-0.1, -0.05) is 84.0 Å². The number of phenols is 2. The number of aryl methyl sites for hydroxylation is 1. The summed E-state index contributed by atoms with van der Waals surface area (Å²) >= 11 is 0. The van der Waals surface area contributed by atoms with E-state index in [9.17, 15) is 10.2 Å². The van der Waals surface area contributed by atoms with Crippen molar-refractivity contribution >= 4 is 0 Å². The van der Waals surface area contributed by atoms with Gasteiger partial charge in [-0.05, 0) is 36.6 Å². The minimum absolute atomic E-state index is 0.243. The maximum atomic E-state index is 9.72. The Bertz CT molecular complexity index is 401. The van der Waals surface area contributed by atoms with Crippen molar-refractivity contribution in [2.45, 2.75) is 96.8 Å². The Morgan fingerprint density at radius 2 is 1.13 bits per heavy atom. The first-order chi connectivity index (χ1) is 11.2. The molecule has 0 aliphatic rings. The average molecular weight is 321 g/mol. The second-order valence-electron chi connectivity index (χ2n) is 6.81. The first-order valence-electron chi connectivity index (χ1n) is 9.75. The highest BCUT2D eigenvalue weighted by Gasteiger charge is 2.02. The van der Waals surface area contributed by atoms with Crippen molar-refractivity contribution in [1.29, 1.82) is 0 Å². The van der Waals surface area contributed by atoms with E-state index in [-0.39, 0.29) is 5.75 Å². The predicted octanol–water partition coefficient (Wildman–Crippen LogP) is 6.73. The highest BCUT2D eigenvalue weighted by atomic mass is 16.3. The van der Waals surface area contributed by atoms with E-state index in [1.807, 2.05) is 0 Å². The van der Waals surface area contributed by atoms with Gasteiger partial charge in [-0.2, -0.15) is 0 Å². The Hall–Kier alpha value is -1.18. The van der Waals surface area contributed by atoms with Crippen LogP contribution in [0.1, 0.15) is 96.0 Å². The fourth-order valence-electron chi connectivity index (χ4n) is 3.11. The molecule has 1 rings (SSSR count). The van der Waals surface area contributed by atoms with Gasteiger partial charge in [0, 0.05) is 0 Å². The molecule has 0 aromatic heterocycles. The first kappa shape index (κ1) is 19.9. The molecule has 0 radical (unpaired) electrons. The van der Waals surface area contributed by atoms with Crippen molar-refractivity contribution in [2.75, 3.05) is 0 Å². The lowest BCUT2D eigenvalue weighted by molar-refractivity contribution is 0.452. The second kappa shape index (κ2) is 13.3. The van der Waals surface area contributed by atoms with Crippen LogP contribution in [0.4, 0.5) is 0 Å². The fraction of sp³-hybridized carbons (Fsp3) is 0.714. The fourth-order valence-corrected chi connectivity index (χ4v) is 3.11. The number of aromatic hydroxyl groups is 2. The molecule has 0 bridgehead atoms. The van der Waals surface area contributed by atoms with Gasteiger partial charge in [0.1, 0.15) is 11.5 Å². The minimum atomic E-state index is 0.243. The molecule has 0 spiro atoms. The zero-order valence-corrected chi connectivity index (χ0v) is 15.0. The van der Waals surface area contributed by atoms with E-state index in [0.29, 0.717) is 5.75 Å². The second-order valence-corrected chi connectivity index (χ2v) is 6.81. The number of unbranched alkanes of at least 4 members (excludes halogenated alkanes) is 12. The number of hydrogen-bond acceptors (Lipinski definition) is 2. The zero-order chi connectivity index (χ0) is 16.8. The van der Waals surface area contributed by atoms with Gasteiger partial charge >= 0.3 is 0 Å². The van der Waals surface area contributed by atoms with Crippen LogP contribution in [-0.2, 0) is 6.42 Å². The van der Waals surface area contributed by atoms with Crippen molar-refractivity contribution in [3.8, 4) is 11.5 Å². The molecule has 1 aromatic rings. The van der Waals surface area contributed by atoms with E-state index >= 15 is 0 Å². The summed E-state index contributed by atoms with van der Waals surface area (Å²) in [6.07, 6.45) is 18.4. The van der Waals surface area contributed by atoms with Gasteiger partial charge < -0.3 is 10.2 Å². The first-order valence-corrected chi connectivity index (χ1v) is 9.75. The third-order valence-corrected chi connectivity index (χ3v) is 4.61. The molecular weight excluding hydrogens is 284 g/mol. The van der Waals surface area contributed by atoms with Gasteiger partial charge in [0.2, 0.25) is 0 Å². The lowest BCUT2D eigenvalue weighted by Crippen LogP contribution is -1.87. The van der Waals surface area contributed by atoms with Crippen LogP contribution in [0.2, 0.25) is 0 Å². The number of hydrogen-bond donors (Lipinski definition) is 2. The van der Waals surface area contributed by atoms with Crippen LogP contribution in [0.3, 0.4) is 0 Å². The van der Waals surface area contributed by atoms with Crippen LogP contribution >= 0.6 is 0 Å². The Balaban J connectivity index is 1.87. The van der Waals surface area contributed by atoms with Crippen molar-refractivity contribution in [3.63, 3.8) is 0 Å². The smallest absolute Gasteiger partial charge is 0.119 e. The number of rotatable bonds is 14. The van der Waals surface area contributed by atoms with Crippen LogP contribution in [0, 0.1) is 0 Å². The maximum absolute atomic E-state index is 9.72. The van der Waals surface area contributed by atoms with Crippen LogP contribution in [-0.4, -0.2) is 10.2 Å². The summed E-state index contributed by atoms with van der Waals surface area (Å²) in [6, 6.07) is 4.78. The molecule has 132 valence electrons. The van der Waals surface area contributed by atoms with Crippen molar-refractivity contribution in [2.24, 2.45) is 0 Å². The summed E-state index contributed by atoms with van der Waals surface area (Å²) in [5, 5.41) is 19.1. The number of benzene rings is 1. The quantitative estimate of drug-likeness (QED) is 0.294. The molecule has 0 fully saturated rings. The molecular formula is C21H36O2.